The number of aryl methyl sites for hydroxylation is 2. The van der Waals surface area contributed by atoms with Crippen LogP contribution in [0.2, 0.25) is 0 Å². The van der Waals surface area contributed by atoms with Gasteiger partial charge in [0.15, 0.2) is 6.10 Å². The number of esters is 1. The lowest BCUT2D eigenvalue weighted by Gasteiger charge is -2.31. The molecule has 1 atom stereocenters. The SMILES string of the molecule is COC(=O)C1CN(c2nc(C)cc(C)n2)CCO1. The molecule has 2 heterocycles. The molecule has 1 aliphatic rings. The number of hydrogen-bond donors (Lipinski definition) is 0. The van der Waals surface area contributed by atoms with Gasteiger partial charge < -0.3 is 14.4 Å². The number of rotatable bonds is 2. The Morgan fingerprint density at radius 3 is 2.72 bits per heavy atom. The van der Waals surface area contributed by atoms with E-state index in [0.29, 0.717) is 25.6 Å². The van der Waals surface area contributed by atoms with E-state index in [0.717, 1.165) is 11.4 Å². The molecule has 6 nitrogen and oxygen atoms in total. The highest BCUT2D eigenvalue weighted by Crippen LogP contribution is 2.15. The quantitative estimate of drug-likeness (QED) is 0.712. The van der Waals surface area contributed by atoms with Crippen LogP contribution >= 0.6 is 0 Å². The van der Waals surface area contributed by atoms with Crippen molar-refractivity contribution in [2.45, 2.75) is 20.0 Å². The van der Waals surface area contributed by atoms with E-state index >= 15 is 0 Å². The first-order chi connectivity index (χ1) is 8.60. The minimum atomic E-state index is -0.562. The van der Waals surface area contributed by atoms with Crippen LogP contribution in [0.25, 0.3) is 0 Å². The molecule has 0 amide bonds. The van der Waals surface area contributed by atoms with Crippen LogP contribution in [-0.4, -0.2) is 48.8 Å². The molecular formula is C12H17N3O3. The normalized spacial score (nSPS) is 19.7. The van der Waals surface area contributed by atoms with Crippen LogP contribution in [0.1, 0.15) is 11.4 Å². The van der Waals surface area contributed by atoms with Gasteiger partial charge >= 0.3 is 5.97 Å². The summed E-state index contributed by atoms with van der Waals surface area (Å²) in [5.74, 6) is 0.286. The number of methoxy groups -OCH3 is 1. The third-order valence-electron chi connectivity index (χ3n) is 2.78. The van der Waals surface area contributed by atoms with Crippen molar-refractivity contribution in [1.29, 1.82) is 0 Å². The molecule has 1 aromatic heterocycles. The first-order valence-electron chi connectivity index (χ1n) is 5.87. The largest absolute Gasteiger partial charge is 0.467 e. The van der Waals surface area contributed by atoms with Crippen molar-refractivity contribution in [2.75, 3.05) is 31.7 Å². The summed E-state index contributed by atoms with van der Waals surface area (Å²) in [5.41, 5.74) is 1.83. The fraction of sp³-hybridized carbons (Fsp3) is 0.583. The van der Waals surface area contributed by atoms with Crippen molar-refractivity contribution < 1.29 is 14.3 Å². The lowest BCUT2D eigenvalue weighted by atomic mass is 10.3. The van der Waals surface area contributed by atoms with E-state index in [1.807, 2.05) is 24.8 Å². The molecule has 2 rings (SSSR count). The van der Waals surface area contributed by atoms with Crippen LogP contribution in [0.5, 0.6) is 0 Å². The Morgan fingerprint density at radius 2 is 2.11 bits per heavy atom. The Balaban J connectivity index is 2.15. The van der Waals surface area contributed by atoms with Crippen LogP contribution in [0, 0.1) is 13.8 Å². The molecular weight excluding hydrogens is 234 g/mol. The zero-order chi connectivity index (χ0) is 13.1. The minimum Gasteiger partial charge on any atom is -0.467 e. The first-order valence-corrected chi connectivity index (χ1v) is 5.87. The van der Waals surface area contributed by atoms with Gasteiger partial charge in [-0.2, -0.15) is 0 Å². The summed E-state index contributed by atoms with van der Waals surface area (Å²) in [6.45, 7) is 5.43. The van der Waals surface area contributed by atoms with Crippen molar-refractivity contribution in [3.05, 3.63) is 17.5 Å². The van der Waals surface area contributed by atoms with Crippen molar-refractivity contribution in [1.82, 2.24) is 9.97 Å². The summed E-state index contributed by atoms with van der Waals surface area (Å²) in [7, 11) is 1.36. The first kappa shape index (κ1) is 12.8. The summed E-state index contributed by atoms with van der Waals surface area (Å²) in [6, 6.07) is 1.92. The molecule has 0 N–H and O–H groups in total. The third kappa shape index (κ3) is 2.76. The molecule has 1 unspecified atom stereocenters. The number of aromatic nitrogens is 2. The highest BCUT2D eigenvalue weighted by atomic mass is 16.6. The number of hydrogen-bond acceptors (Lipinski definition) is 6. The van der Waals surface area contributed by atoms with E-state index in [2.05, 4.69) is 14.7 Å². The molecule has 0 aromatic carbocycles. The van der Waals surface area contributed by atoms with Crippen molar-refractivity contribution in [3.63, 3.8) is 0 Å². The minimum absolute atomic E-state index is 0.357. The number of carbonyl (C=O) groups excluding carboxylic acids is 1. The van der Waals surface area contributed by atoms with Gasteiger partial charge in [-0.25, -0.2) is 14.8 Å². The van der Waals surface area contributed by atoms with Gasteiger partial charge in [0.1, 0.15) is 0 Å². The number of ether oxygens (including phenoxy) is 2. The third-order valence-corrected chi connectivity index (χ3v) is 2.78. The van der Waals surface area contributed by atoms with Gasteiger partial charge in [-0.3, -0.25) is 0 Å². The van der Waals surface area contributed by atoms with Gasteiger partial charge in [-0.15, -0.1) is 0 Å². The number of anilines is 1. The monoisotopic (exact) mass is 251 g/mol. The van der Waals surface area contributed by atoms with E-state index in [1.165, 1.54) is 7.11 Å². The second kappa shape index (κ2) is 5.30. The fourth-order valence-electron chi connectivity index (χ4n) is 1.95. The van der Waals surface area contributed by atoms with Gasteiger partial charge in [0.25, 0.3) is 0 Å². The maximum absolute atomic E-state index is 11.5. The number of carbonyl (C=O) groups is 1. The predicted octanol–water partition coefficient (Wildman–Crippen LogP) is 0.472. The molecule has 1 aliphatic heterocycles. The van der Waals surface area contributed by atoms with E-state index in [-0.39, 0.29) is 5.97 Å². The molecule has 1 fully saturated rings. The molecule has 98 valence electrons. The van der Waals surface area contributed by atoms with Gasteiger partial charge in [0.2, 0.25) is 5.95 Å². The van der Waals surface area contributed by atoms with Crippen molar-refractivity contribution in [2.24, 2.45) is 0 Å². The van der Waals surface area contributed by atoms with Crippen LogP contribution in [0.3, 0.4) is 0 Å². The molecule has 1 saturated heterocycles. The Morgan fingerprint density at radius 1 is 1.44 bits per heavy atom. The average Bonchev–Trinajstić information content (AvgIpc) is 2.37. The lowest BCUT2D eigenvalue weighted by molar-refractivity contribution is -0.154. The molecule has 0 aliphatic carbocycles. The van der Waals surface area contributed by atoms with Gasteiger partial charge in [0.05, 0.1) is 20.3 Å². The number of morpholine rings is 1. The van der Waals surface area contributed by atoms with E-state index in [4.69, 9.17) is 4.74 Å². The molecule has 0 spiro atoms. The van der Waals surface area contributed by atoms with Gasteiger partial charge in [-0.1, -0.05) is 0 Å². The Bertz CT molecular complexity index is 430. The molecule has 1 aromatic rings. The lowest BCUT2D eigenvalue weighted by Crippen LogP contribution is -2.47. The standard InChI is InChI=1S/C12H17N3O3/c1-8-6-9(2)14-12(13-8)15-4-5-18-10(7-15)11(16)17-3/h6,10H,4-5,7H2,1-3H3. The average molecular weight is 251 g/mol. The van der Waals surface area contributed by atoms with Gasteiger partial charge in [-0.05, 0) is 19.9 Å². The summed E-state index contributed by atoms with van der Waals surface area (Å²) in [4.78, 5) is 22.2. The second-order valence-corrected chi connectivity index (χ2v) is 4.28. The zero-order valence-corrected chi connectivity index (χ0v) is 10.8. The van der Waals surface area contributed by atoms with E-state index in [9.17, 15) is 4.79 Å². The molecule has 0 radical (unpaired) electrons. The Labute approximate surface area is 106 Å². The smallest absolute Gasteiger partial charge is 0.336 e. The van der Waals surface area contributed by atoms with Gasteiger partial charge in [0, 0.05) is 17.9 Å². The van der Waals surface area contributed by atoms with Crippen molar-refractivity contribution in [3.8, 4) is 0 Å². The summed E-state index contributed by atoms with van der Waals surface area (Å²) in [6.07, 6.45) is -0.562. The summed E-state index contributed by atoms with van der Waals surface area (Å²) < 4.78 is 10.1. The second-order valence-electron chi connectivity index (χ2n) is 4.28. The Hall–Kier alpha value is -1.69. The fourth-order valence-corrected chi connectivity index (χ4v) is 1.95. The van der Waals surface area contributed by atoms with Crippen molar-refractivity contribution >= 4 is 11.9 Å². The van der Waals surface area contributed by atoms with Crippen LogP contribution in [0.4, 0.5) is 5.95 Å². The predicted molar refractivity (Wildman–Crippen MR) is 65.5 cm³/mol. The number of nitrogens with zero attached hydrogens (tertiary/aromatic N) is 3. The van der Waals surface area contributed by atoms with Crippen LogP contribution in [0.15, 0.2) is 6.07 Å². The topological polar surface area (TPSA) is 64.5 Å². The molecule has 0 saturated carbocycles. The molecule has 0 bridgehead atoms. The Kier molecular flexibility index (Phi) is 3.76. The summed E-state index contributed by atoms with van der Waals surface area (Å²) >= 11 is 0. The van der Waals surface area contributed by atoms with Crippen LogP contribution in [-0.2, 0) is 14.3 Å². The maximum atomic E-state index is 11.5. The van der Waals surface area contributed by atoms with E-state index < -0.39 is 6.10 Å². The molecule has 6 heteroatoms. The zero-order valence-electron chi connectivity index (χ0n) is 10.8. The summed E-state index contributed by atoms with van der Waals surface area (Å²) in [5, 5.41) is 0. The molecule has 18 heavy (non-hydrogen) atoms. The maximum Gasteiger partial charge on any atom is 0.336 e. The highest BCUT2D eigenvalue weighted by molar-refractivity contribution is 5.75. The van der Waals surface area contributed by atoms with E-state index in [1.54, 1.807) is 0 Å². The highest BCUT2D eigenvalue weighted by Gasteiger charge is 2.28. The van der Waals surface area contributed by atoms with Crippen LogP contribution < -0.4 is 4.90 Å².